The number of methoxy groups -OCH3 is 1. The molecule has 0 bridgehead atoms. The van der Waals surface area contributed by atoms with Crippen molar-refractivity contribution in [1.29, 1.82) is 0 Å². The molecule has 2 aromatic carbocycles. The lowest BCUT2D eigenvalue weighted by Crippen LogP contribution is -2.57. The van der Waals surface area contributed by atoms with Crippen molar-refractivity contribution in [2.45, 2.75) is 63.0 Å². The minimum atomic E-state index is -5.21. The van der Waals surface area contributed by atoms with E-state index in [2.05, 4.69) is 0 Å². The first kappa shape index (κ1) is 28.5. The van der Waals surface area contributed by atoms with Crippen LogP contribution in [0, 0.1) is 0 Å². The van der Waals surface area contributed by atoms with Crippen LogP contribution in [0.1, 0.15) is 68.8 Å². The molecule has 1 aliphatic heterocycles. The van der Waals surface area contributed by atoms with Gasteiger partial charge in [-0.3, -0.25) is 19.2 Å². The second-order valence-electron chi connectivity index (χ2n) is 10.00. The number of carbonyl (C=O) groups excluding carboxylic acids is 4. The van der Waals surface area contributed by atoms with Gasteiger partial charge in [0.05, 0.1) is 42.0 Å². The van der Waals surface area contributed by atoms with E-state index in [1.807, 2.05) is 0 Å². The average molecular weight is 579 g/mol. The van der Waals surface area contributed by atoms with Crippen molar-refractivity contribution >= 4 is 23.3 Å². The zero-order valence-corrected chi connectivity index (χ0v) is 21.6. The fourth-order valence-electron chi connectivity index (χ4n) is 5.55. The first-order valence-corrected chi connectivity index (χ1v) is 12.5. The molecule has 1 saturated heterocycles. The molecule has 5 atom stereocenters. The van der Waals surface area contributed by atoms with Gasteiger partial charge in [0.2, 0.25) is 5.78 Å². The Balaban J connectivity index is 1.53. The van der Waals surface area contributed by atoms with Crippen molar-refractivity contribution in [3.05, 3.63) is 51.6 Å². The van der Waals surface area contributed by atoms with Crippen LogP contribution in [0.2, 0.25) is 0 Å². The molecule has 0 spiro atoms. The van der Waals surface area contributed by atoms with E-state index in [4.69, 9.17) is 14.2 Å². The number of hydrogen-bond donors (Lipinski definition) is 4. The molecule has 5 rings (SSSR count). The van der Waals surface area contributed by atoms with Crippen molar-refractivity contribution in [2.75, 3.05) is 7.11 Å². The van der Waals surface area contributed by atoms with Gasteiger partial charge in [-0.25, -0.2) is 0 Å². The predicted molar refractivity (Wildman–Crippen MR) is 130 cm³/mol. The lowest BCUT2D eigenvalue weighted by Gasteiger charge is -2.40. The fourth-order valence-corrected chi connectivity index (χ4v) is 5.55. The smallest absolute Gasteiger partial charge is 0.471 e. The van der Waals surface area contributed by atoms with Crippen LogP contribution in [0.15, 0.2) is 18.2 Å². The minimum absolute atomic E-state index is 0.0567. The van der Waals surface area contributed by atoms with Crippen LogP contribution in [0.3, 0.4) is 0 Å². The van der Waals surface area contributed by atoms with E-state index in [1.165, 1.54) is 32.2 Å². The van der Waals surface area contributed by atoms with Gasteiger partial charge in [0, 0.05) is 36.0 Å². The largest absolute Gasteiger partial charge is 0.507 e. The molecule has 0 radical (unpaired) electrons. The van der Waals surface area contributed by atoms with Crippen molar-refractivity contribution in [2.24, 2.45) is 0 Å². The molecule has 0 aromatic heterocycles. The number of rotatable bonds is 4. The number of fused-ring (bicyclic) bond motifs is 3. The number of benzene rings is 2. The SMILES string of the molecule is COc1cccc2c1C(=O)c1c(O)c3c(c(O)c1C2=O)CC(=O)C[C@@H]3O[C@H]1C[C@@H](NC(=O)C(F)(F)F)[C@@H](O)[C@H](C)O1. The number of halogens is 3. The van der Waals surface area contributed by atoms with Crippen molar-refractivity contribution in [1.82, 2.24) is 5.32 Å². The van der Waals surface area contributed by atoms with Gasteiger partial charge >= 0.3 is 12.1 Å². The summed E-state index contributed by atoms with van der Waals surface area (Å²) in [5.74, 6) is -5.70. The number of aliphatic hydroxyl groups excluding tert-OH is 1. The Kier molecular flexibility index (Phi) is 7.04. The number of aliphatic hydroxyl groups is 1. The Morgan fingerprint density at radius 2 is 1.76 bits per heavy atom. The summed E-state index contributed by atoms with van der Waals surface area (Å²) in [6, 6.07) is 2.84. The van der Waals surface area contributed by atoms with Crippen LogP contribution < -0.4 is 10.1 Å². The van der Waals surface area contributed by atoms with Gasteiger partial charge in [0.25, 0.3) is 0 Å². The monoisotopic (exact) mass is 579 g/mol. The summed E-state index contributed by atoms with van der Waals surface area (Å²) in [4.78, 5) is 51.1. The summed E-state index contributed by atoms with van der Waals surface area (Å²) >= 11 is 0. The molecule has 2 aromatic rings. The maximum Gasteiger partial charge on any atom is 0.471 e. The van der Waals surface area contributed by atoms with Crippen molar-refractivity contribution in [3.8, 4) is 17.2 Å². The van der Waals surface area contributed by atoms with Crippen LogP contribution in [0.5, 0.6) is 17.2 Å². The molecule has 4 N–H and O–H groups in total. The van der Waals surface area contributed by atoms with Gasteiger partial charge in [-0.05, 0) is 13.0 Å². The van der Waals surface area contributed by atoms with Crippen LogP contribution in [0.25, 0.3) is 0 Å². The number of ether oxygens (including phenoxy) is 3. The van der Waals surface area contributed by atoms with Gasteiger partial charge in [0.15, 0.2) is 12.1 Å². The fraction of sp³-hybridized carbons (Fsp3) is 0.407. The molecular weight excluding hydrogens is 555 g/mol. The maximum absolute atomic E-state index is 13.6. The predicted octanol–water partition coefficient (Wildman–Crippen LogP) is 2.00. The summed E-state index contributed by atoms with van der Waals surface area (Å²) in [5, 5.41) is 34.5. The normalized spacial score (nSPS) is 25.7. The number of ketones is 3. The maximum atomic E-state index is 13.6. The Hall–Kier alpha value is -4.01. The highest BCUT2D eigenvalue weighted by Crippen LogP contribution is 2.50. The molecule has 2 aliphatic carbocycles. The van der Waals surface area contributed by atoms with Gasteiger partial charge < -0.3 is 34.8 Å². The highest BCUT2D eigenvalue weighted by atomic mass is 19.4. The van der Waals surface area contributed by atoms with Gasteiger partial charge in [-0.1, -0.05) is 12.1 Å². The van der Waals surface area contributed by atoms with Gasteiger partial charge in [0.1, 0.15) is 29.1 Å². The molecule has 0 unspecified atom stereocenters. The van der Waals surface area contributed by atoms with E-state index in [0.717, 1.165) is 0 Å². The number of Topliss-reactive ketones (excluding diaryl/α,β-unsaturated/α-hetero) is 1. The average Bonchev–Trinajstić information content (AvgIpc) is 2.90. The van der Waals surface area contributed by atoms with E-state index in [0.29, 0.717) is 0 Å². The van der Waals surface area contributed by atoms with Crippen molar-refractivity contribution < 1.29 is 61.9 Å². The highest BCUT2D eigenvalue weighted by molar-refractivity contribution is 6.31. The standard InChI is InChI=1S/C27H24F3NO10/c1-9-21(33)13(31-26(38)27(28,29)30)8-16(40-9)41-15-7-10(32)6-12-18(15)25(37)20-19(23(12)35)22(34)11-4-3-5-14(39-2)17(11)24(20)36/h3-5,9,13,15-16,21,33,35,37H,6-8H2,1-2H3,(H,31,38)/t9-,13+,15-,16-,21-/m0/s1. The number of phenolic OH excluding ortho intramolecular Hbond substituents is 2. The molecule has 218 valence electrons. The molecule has 1 heterocycles. The van der Waals surface area contributed by atoms with E-state index >= 15 is 0 Å². The number of hydrogen-bond acceptors (Lipinski definition) is 10. The van der Waals surface area contributed by atoms with E-state index in [1.54, 1.807) is 5.32 Å². The second kappa shape index (κ2) is 10.1. The third kappa shape index (κ3) is 4.71. The molecule has 41 heavy (non-hydrogen) atoms. The molecule has 3 aliphatic rings. The third-order valence-corrected chi connectivity index (χ3v) is 7.47. The lowest BCUT2D eigenvalue weighted by molar-refractivity contribution is -0.245. The number of amides is 1. The summed E-state index contributed by atoms with van der Waals surface area (Å²) in [6.45, 7) is 1.34. The zero-order chi connectivity index (χ0) is 30.0. The molecule has 1 amide bonds. The lowest BCUT2D eigenvalue weighted by atomic mass is 9.76. The first-order valence-electron chi connectivity index (χ1n) is 12.5. The topological polar surface area (TPSA) is 169 Å². The Labute approximate surface area is 229 Å². The number of aromatic hydroxyl groups is 2. The number of alkyl halides is 3. The Morgan fingerprint density at radius 3 is 2.41 bits per heavy atom. The molecule has 11 nitrogen and oxygen atoms in total. The number of carbonyl (C=O) groups is 4. The molecular formula is C27H24F3NO10. The summed E-state index contributed by atoms with van der Waals surface area (Å²) in [7, 11) is 1.29. The van der Waals surface area contributed by atoms with Crippen LogP contribution in [-0.2, 0) is 25.5 Å². The molecule has 14 heteroatoms. The van der Waals surface area contributed by atoms with Crippen molar-refractivity contribution in [3.63, 3.8) is 0 Å². The zero-order valence-electron chi connectivity index (χ0n) is 21.6. The highest BCUT2D eigenvalue weighted by Gasteiger charge is 2.46. The second-order valence-corrected chi connectivity index (χ2v) is 10.00. The van der Waals surface area contributed by atoms with Crippen LogP contribution >= 0.6 is 0 Å². The Bertz CT molecular complexity index is 1490. The summed E-state index contributed by atoms with van der Waals surface area (Å²) in [5.41, 5.74) is -1.52. The third-order valence-electron chi connectivity index (χ3n) is 7.47. The van der Waals surface area contributed by atoms with E-state index < -0.39 is 95.5 Å². The summed E-state index contributed by atoms with van der Waals surface area (Å²) in [6.07, 6.45) is -11.8. The van der Waals surface area contributed by atoms with E-state index in [9.17, 15) is 47.7 Å². The molecule has 1 fully saturated rings. The molecule has 0 saturated carbocycles. The Morgan fingerprint density at radius 1 is 1.07 bits per heavy atom. The summed E-state index contributed by atoms with van der Waals surface area (Å²) < 4.78 is 55.1. The van der Waals surface area contributed by atoms with Gasteiger partial charge in [-0.2, -0.15) is 13.2 Å². The number of nitrogens with one attached hydrogen (secondary N) is 1. The van der Waals surface area contributed by atoms with E-state index in [-0.39, 0.29) is 34.4 Å². The first-order chi connectivity index (χ1) is 19.2. The van der Waals surface area contributed by atoms with Crippen LogP contribution in [-0.4, -0.2) is 76.4 Å². The van der Waals surface area contributed by atoms with Gasteiger partial charge in [-0.15, -0.1) is 0 Å². The number of phenols is 2. The van der Waals surface area contributed by atoms with Crippen LogP contribution in [0.4, 0.5) is 13.2 Å². The minimum Gasteiger partial charge on any atom is -0.507 e. The quantitative estimate of drug-likeness (QED) is 0.336.